The van der Waals surface area contributed by atoms with Crippen LogP contribution in [0.2, 0.25) is 0 Å². The van der Waals surface area contributed by atoms with Gasteiger partial charge in [0, 0.05) is 19.5 Å². The third kappa shape index (κ3) is 2.86. The summed E-state index contributed by atoms with van der Waals surface area (Å²) >= 11 is 1.62. The van der Waals surface area contributed by atoms with Crippen LogP contribution in [0.3, 0.4) is 0 Å². The second kappa shape index (κ2) is 5.54. The monoisotopic (exact) mass is 288 g/mol. The smallest absolute Gasteiger partial charge is 0.185 e. The number of hydrogen-bond donors (Lipinski definition) is 1. The number of thiazole rings is 1. The van der Waals surface area contributed by atoms with Gasteiger partial charge in [-0.15, -0.1) is 0 Å². The maximum atomic E-state index is 9.46. The Bertz CT molecular complexity index is 587. The number of aliphatic hydroxyl groups excluding tert-OH is 1. The summed E-state index contributed by atoms with van der Waals surface area (Å²) in [4.78, 5) is 7.95. The molecule has 1 aromatic heterocycles. The molecular weight excluding hydrogens is 268 g/mol. The van der Waals surface area contributed by atoms with Crippen molar-refractivity contribution in [3.8, 4) is 0 Å². The SMILES string of the molecule is Cc1ccc(CN(C)c2nc(C3CC3)c(CO)s2)cc1. The fourth-order valence-electron chi connectivity index (χ4n) is 2.34. The second-order valence-electron chi connectivity index (χ2n) is 5.58. The number of aliphatic hydroxyl groups is 1. The summed E-state index contributed by atoms with van der Waals surface area (Å²) in [6.45, 7) is 3.06. The lowest BCUT2D eigenvalue weighted by Crippen LogP contribution is -2.16. The summed E-state index contributed by atoms with van der Waals surface area (Å²) in [6.07, 6.45) is 2.44. The zero-order chi connectivity index (χ0) is 14.1. The molecule has 106 valence electrons. The molecule has 0 radical (unpaired) electrons. The van der Waals surface area contributed by atoms with Gasteiger partial charge in [-0.3, -0.25) is 0 Å². The molecular formula is C16H20N2OS. The van der Waals surface area contributed by atoms with Crippen molar-refractivity contribution in [3.05, 3.63) is 46.0 Å². The van der Waals surface area contributed by atoms with Crippen molar-refractivity contribution in [1.29, 1.82) is 0 Å². The highest BCUT2D eigenvalue weighted by atomic mass is 32.1. The van der Waals surface area contributed by atoms with Gasteiger partial charge < -0.3 is 10.0 Å². The summed E-state index contributed by atoms with van der Waals surface area (Å²) in [5.74, 6) is 0.593. The molecule has 0 bridgehead atoms. The average Bonchev–Trinajstić information content (AvgIpc) is 3.20. The highest BCUT2D eigenvalue weighted by Crippen LogP contribution is 2.44. The lowest BCUT2D eigenvalue weighted by Gasteiger charge is -2.15. The Morgan fingerprint density at radius 3 is 2.60 bits per heavy atom. The quantitative estimate of drug-likeness (QED) is 0.915. The van der Waals surface area contributed by atoms with Gasteiger partial charge in [-0.25, -0.2) is 4.98 Å². The average molecular weight is 288 g/mol. The number of aryl methyl sites for hydroxylation is 1. The van der Waals surface area contributed by atoms with Crippen LogP contribution in [0.4, 0.5) is 5.13 Å². The van der Waals surface area contributed by atoms with Gasteiger partial charge in [-0.1, -0.05) is 41.2 Å². The van der Waals surface area contributed by atoms with Crippen LogP contribution in [0.25, 0.3) is 0 Å². The standard InChI is InChI=1S/C16H20N2OS/c1-11-3-5-12(6-4-11)9-18(2)16-17-15(13-7-8-13)14(10-19)20-16/h3-6,13,19H,7-10H2,1-2H3. The molecule has 1 aromatic carbocycles. The van der Waals surface area contributed by atoms with Crippen molar-refractivity contribution in [1.82, 2.24) is 4.98 Å². The molecule has 1 N–H and O–H groups in total. The third-order valence-electron chi connectivity index (χ3n) is 3.69. The van der Waals surface area contributed by atoms with E-state index in [0.29, 0.717) is 5.92 Å². The molecule has 3 nitrogen and oxygen atoms in total. The first-order chi connectivity index (χ1) is 9.67. The van der Waals surface area contributed by atoms with Gasteiger partial charge in [-0.05, 0) is 25.3 Å². The van der Waals surface area contributed by atoms with Crippen LogP contribution < -0.4 is 4.90 Å². The maximum absolute atomic E-state index is 9.46. The van der Waals surface area contributed by atoms with Crippen LogP contribution in [-0.4, -0.2) is 17.1 Å². The highest BCUT2D eigenvalue weighted by molar-refractivity contribution is 7.15. The minimum Gasteiger partial charge on any atom is -0.391 e. The van der Waals surface area contributed by atoms with Crippen LogP contribution in [0, 0.1) is 6.92 Å². The van der Waals surface area contributed by atoms with E-state index in [4.69, 9.17) is 4.98 Å². The first kappa shape index (κ1) is 13.6. The summed E-state index contributed by atoms with van der Waals surface area (Å²) in [5.41, 5.74) is 3.69. The van der Waals surface area contributed by atoms with Gasteiger partial charge in [0.05, 0.1) is 17.2 Å². The Balaban J connectivity index is 1.76. The maximum Gasteiger partial charge on any atom is 0.185 e. The van der Waals surface area contributed by atoms with E-state index in [-0.39, 0.29) is 6.61 Å². The number of hydrogen-bond acceptors (Lipinski definition) is 4. The van der Waals surface area contributed by atoms with E-state index < -0.39 is 0 Å². The van der Waals surface area contributed by atoms with Crippen molar-refractivity contribution in [2.45, 2.75) is 38.8 Å². The lowest BCUT2D eigenvalue weighted by molar-refractivity contribution is 0.284. The van der Waals surface area contributed by atoms with E-state index in [1.54, 1.807) is 11.3 Å². The number of nitrogens with zero attached hydrogens (tertiary/aromatic N) is 2. The van der Waals surface area contributed by atoms with Crippen molar-refractivity contribution < 1.29 is 5.11 Å². The Kier molecular flexibility index (Phi) is 3.76. The topological polar surface area (TPSA) is 36.4 Å². The first-order valence-corrected chi connectivity index (χ1v) is 7.86. The molecule has 0 atom stereocenters. The predicted octanol–water partition coefficient (Wildman–Crippen LogP) is 3.46. The molecule has 20 heavy (non-hydrogen) atoms. The molecule has 0 amide bonds. The molecule has 4 heteroatoms. The van der Waals surface area contributed by atoms with Crippen LogP contribution in [0.15, 0.2) is 24.3 Å². The van der Waals surface area contributed by atoms with E-state index in [2.05, 4.69) is 43.1 Å². The van der Waals surface area contributed by atoms with Crippen molar-refractivity contribution in [2.75, 3.05) is 11.9 Å². The molecule has 1 aliphatic rings. The zero-order valence-electron chi connectivity index (χ0n) is 12.0. The highest BCUT2D eigenvalue weighted by Gasteiger charge is 2.29. The van der Waals surface area contributed by atoms with E-state index in [1.807, 2.05) is 0 Å². The van der Waals surface area contributed by atoms with Crippen LogP contribution in [0.5, 0.6) is 0 Å². The number of benzene rings is 1. The number of anilines is 1. The van der Waals surface area contributed by atoms with Gasteiger partial charge in [0.2, 0.25) is 0 Å². The normalized spacial score (nSPS) is 14.6. The van der Waals surface area contributed by atoms with Gasteiger partial charge >= 0.3 is 0 Å². The predicted molar refractivity (Wildman–Crippen MR) is 83.3 cm³/mol. The molecule has 2 aromatic rings. The summed E-state index contributed by atoms with van der Waals surface area (Å²) in [7, 11) is 2.07. The van der Waals surface area contributed by atoms with Gasteiger partial charge in [0.1, 0.15) is 0 Å². The van der Waals surface area contributed by atoms with E-state index >= 15 is 0 Å². The third-order valence-corrected chi connectivity index (χ3v) is 4.86. The van der Waals surface area contributed by atoms with Crippen LogP contribution in [0.1, 0.15) is 40.5 Å². The number of aromatic nitrogens is 1. The summed E-state index contributed by atoms with van der Waals surface area (Å²) in [6, 6.07) is 8.60. The molecule has 1 aliphatic carbocycles. The molecule has 3 rings (SSSR count). The van der Waals surface area contributed by atoms with E-state index in [1.165, 1.54) is 24.0 Å². The largest absolute Gasteiger partial charge is 0.391 e. The summed E-state index contributed by atoms with van der Waals surface area (Å²) < 4.78 is 0. The molecule has 1 saturated carbocycles. The summed E-state index contributed by atoms with van der Waals surface area (Å²) in [5, 5.41) is 10.5. The Hall–Kier alpha value is -1.39. The first-order valence-electron chi connectivity index (χ1n) is 7.04. The van der Waals surface area contributed by atoms with Gasteiger partial charge in [0.15, 0.2) is 5.13 Å². The molecule has 0 spiro atoms. The second-order valence-corrected chi connectivity index (χ2v) is 6.64. The fraction of sp³-hybridized carbons (Fsp3) is 0.438. The van der Waals surface area contributed by atoms with Crippen LogP contribution >= 0.6 is 11.3 Å². The number of rotatable bonds is 5. The van der Waals surface area contributed by atoms with E-state index in [9.17, 15) is 5.11 Å². The fourth-order valence-corrected chi connectivity index (χ4v) is 3.30. The molecule has 0 aliphatic heterocycles. The van der Waals surface area contributed by atoms with Crippen molar-refractivity contribution >= 4 is 16.5 Å². The van der Waals surface area contributed by atoms with E-state index in [0.717, 1.165) is 22.2 Å². The van der Waals surface area contributed by atoms with Crippen molar-refractivity contribution in [2.24, 2.45) is 0 Å². The minimum atomic E-state index is 0.113. The molecule has 0 unspecified atom stereocenters. The molecule has 0 saturated heterocycles. The van der Waals surface area contributed by atoms with Gasteiger partial charge in [0.25, 0.3) is 0 Å². The minimum absolute atomic E-state index is 0.113. The van der Waals surface area contributed by atoms with Crippen LogP contribution in [-0.2, 0) is 13.2 Å². The molecule has 1 fully saturated rings. The Labute approximate surface area is 123 Å². The van der Waals surface area contributed by atoms with Gasteiger partial charge in [-0.2, -0.15) is 0 Å². The Morgan fingerprint density at radius 2 is 2.00 bits per heavy atom. The molecule has 1 heterocycles. The zero-order valence-corrected chi connectivity index (χ0v) is 12.8. The van der Waals surface area contributed by atoms with Crippen molar-refractivity contribution in [3.63, 3.8) is 0 Å². The Morgan fingerprint density at radius 1 is 1.30 bits per heavy atom. The lowest BCUT2D eigenvalue weighted by atomic mass is 10.1.